The van der Waals surface area contributed by atoms with Gasteiger partial charge in [0.25, 0.3) is 0 Å². The maximum atomic E-state index is 13.0. The van der Waals surface area contributed by atoms with E-state index in [0.29, 0.717) is 19.4 Å². The lowest BCUT2D eigenvalue weighted by Crippen LogP contribution is -2.46. The predicted molar refractivity (Wildman–Crippen MR) is 98.8 cm³/mol. The first-order chi connectivity index (χ1) is 12.7. The summed E-state index contributed by atoms with van der Waals surface area (Å²) in [4.78, 5) is 24.0. The minimum Gasteiger partial charge on any atom is -0.355 e. The number of benzene rings is 1. The van der Waals surface area contributed by atoms with Crippen LogP contribution in [-0.2, 0) is 19.6 Å². The van der Waals surface area contributed by atoms with Crippen LogP contribution in [0.2, 0.25) is 0 Å². The van der Waals surface area contributed by atoms with Gasteiger partial charge in [-0.25, -0.2) is 12.8 Å². The van der Waals surface area contributed by atoms with Gasteiger partial charge in [0.2, 0.25) is 21.8 Å². The van der Waals surface area contributed by atoms with E-state index in [2.05, 4.69) is 10.6 Å². The largest absolute Gasteiger partial charge is 0.355 e. The molecular formula is C18H26FN3O4S. The van der Waals surface area contributed by atoms with E-state index in [0.717, 1.165) is 12.1 Å². The first-order valence-corrected chi connectivity index (χ1v) is 10.5. The Labute approximate surface area is 159 Å². The summed E-state index contributed by atoms with van der Waals surface area (Å²) in [5.41, 5.74) is 0. The number of nitrogens with zero attached hydrogens (tertiary/aromatic N) is 1. The highest BCUT2D eigenvalue weighted by Gasteiger charge is 2.33. The normalized spacial score (nSPS) is 18.3. The van der Waals surface area contributed by atoms with Gasteiger partial charge in [-0.1, -0.05) is 0 Å². The highest BCUT2D eigenvalue weighted by Crippen LogP contribution is 2.24. The Morgan fingerprint density at radius 3 is 2.56 bits per heavy atom. The Bertz CT molecular complexity index is 765. The predicted octanol–water partition coefficient (Wildman–Crippen LogP) is 1.26. The van der Waals surface area contributed by atoms with Crippen molar-refractivity contribution in [3.8, 4) is 0 Å². The molecule has 1 saturated heterocycles. The van der Waals surface area contributed by atoms with Gasteiger partial charge in [-0.3, -0.25) is 9.59 Å². The number of carbonyl (C=O) groups is 2. The van der Waals surface area contributed by atoms with E-state index in [-0.39, 0.29) is 42.3 Å². The van der Waals surface area contributed by atoms with E-state index >= 15 is 0 Å². The molecule has 2 N–H and O–H groups in total. The van der Waals surface area contributed by atoms with Gasteiger partial charge < -0.3 is 10.6 Å². The SMILES string of the molecule is CC(C)NC(=O)CCNC(=O)C1CCCN(S(=O)(=O)c2ccc(F)cc2)C1. The molecule has 9 heteroatoms. The summed E-state index contributed by atoms with van der Waals surface area (Å²) in [6, 6.07) is 4.69. The molecular weight excluding hydrogens is 373 g/mol. The zero-order chi connectivity index (χ0) is 20.0. The smallest absolute Gasteiger partial charge is 0.243 e. The van der Waals surface area contributed by atoms with Crippen molar-refractivity contribution in [1.29, 1.82) is 0 Å². The lowest BCUT2D eigenvalue weighted by molar-refractivity contribution is -0.126. The van der Waals surface area contributed by atoms with Gasteiger partial charge in [0.1, 0.15) is 5.82 Å². The van der Waals surface area contributed by atoms with Crippen molar-refractivity contribution in [3.05, 3.63) is 30.1 Å². The lowest BCUT2D eigenvalue weighted by atomic mass is 9.99. The molecule has 2 rings (SSSR count). The third-order valence-electron chi connectivity index (χ3n) is 4.31. The van der Waals surface area contributed by atoms with Crippen LogP contribution in [0, 0.1) is 11.7 Å². The highest BCUT2D eigenvalue weighted by atomic mass is 32.2. The van der Waals surface area contributed by atoms with Crippen molar-refractivity contribution in [2.45, 2.75) is 44.0 Å². The van der Waals surface area contributed by atoms with Crippen molar-refractivity contribution < 1.29 is 22.4 Å². The average Bonchev–Trinajstić information content (AvgIpc) is 2.61. The van der Waals surface area contributed by atoms with Crippen LogP contribution in [0.25, 0.3) is 0 Å². The summed E-state index contributed by atoms with van der Waals surface area (Å²) in [7, 11) is -3.77. The number of hydrogen-bond donors (Lipinski definition) is 2. The molecule has 0 spiro atoms. The minimum atomic E-state index is -3.77. The molecule has 1 unspecified atom stereocenters. The van der Waals surface area contributed by atoms with Crippen LogP contribution in [0.15, 0.2) is 29.2 Å². The molecule has 0 aromatic heterocycles. The van der Waals surface area contributed by atoms with Crippen LogP contribution in [0.4, 0.5) is 4.39 Å². The molecule has 1 aliphatic heterocycles. The van der Waals surface area contributed by atoms with Crippen molar-refractivity contribution in [1.82, 2.24) is 14.9 Å². The fraction of sp³-hybridized carbons (Fsp3) is 0.556. The van der Waals surface area contributed by atoms with Gasteiger partial charge in [0.05, 0.1) is 10.8 Å². The van der Waals surface area contributed by atoms with Gasteiger partial charge in [0, 0.05) is 32.1 Å². The van der Waals surface area contributed by atoms with E-state index in [1.165, 1.54) is 16.4 Å². The number of nitrogens with one attached hydrogen (secondary N) is 2. The second-order valence-electron chi connectivity index (χ2n) is 6.92. The lowest BCUT2D eigenvalue weighted by Gasteiger charge is -2.31. The molecule has 7 nitrogen and oxygen atoms in total. The fourth-order valence-corrected chi connectivity index (χ4v) is 4.49. The van der Waals surface area contributed by atoms with Gasteiger partial charge in [0.15, 0.2) is 0 Å². The van der Waals surface area contributed by atoms with Crippen LogP contribution in [0.1, 0.15) is 33.1 Å². The standard InChI is InChI=1S/C18H26FN3O4S/c1-13(2)21-17(23)9-10-20-18(24)14-4-3-11-22(12-14)27(25,26)16-7-5-15(19)6-8-16/h5-8,13-14H,3-4,9-12H2,1-2H3,(H,20,24)(H,21,23). The summed E-state index contributed by atoms with van der Waals surface area (Å²) in [5.74, 6) is -1.38. The molecule has 1 aliphatic rings. The number of sulfonamides is 1. The zero-order valence-electron chi connectivity index (χ0n) is 15.6. The van der Waals surface area contributed by atoms with Crippen LogP contribution in [0.5, 0.6) is 0 Å². The first-order valence-electron chi connectivity index (χ1n) is 9.03. The molecule has 1 aromatic carbocycles. The van der Waals surface area contributed by atoms with E-state index in [1.54, 1.807) is 0 Å². The third-order valence-corrected chi connectivity index (χ3v) is 6.19. The van der Waals surface area contributed by atoms with E-state index in [4.69, 9.17) is 0 Å². The van der Waals surface area contributed by atoms with Crippen LogP contribution in [0.3, 0.4) is 0 Å². The Hall–Kier alpha value is -2.00. The van der Waals surface area contributed by atoms with Crippen LogP contribution < -0.4 is 10.6 Å². The van der Waals surface area contributed by atoms with Gasteiger partial charge in [-0.15, -0.1) is 0 Å². The van der Waals surface area contributed by atoms with Gasteiger partial charge >= 0.3 is 0 Å². The van der Waals surface area contributed by atoms with E-state index < -0.39 is 21.8 Å². The molecule has 1 aromatic rings. The van der Waals surface area contributed by atoms with E-state index in [1.807, 2.05) is 13.8 Å². The molecule has 1 atom stereocenters. The average molecular weight is 399 g/mol. The summed E-state index contributed by atoms with van der Waals surface area (Å²) in [5, 5.41) is 5.45. The van der Waals surface area contributed by atoms with Crippen molar-refractivity contribution >= 4 is 21.8 Å². The van der Waals surface area contributed by atoms with E-state index in [9.17, 15) is 22.4 Å². The number of rotatable bonds is 7. The molecule has 0 bridgehead atoms. The third kappa shape index (κ3) is 6.00. The topological polar surface area (TPSA) is 95.6 Å². The molecule has 0 radical (unpaired) electrons. The molecule has 150 valence electrons. The maximum Gasteiger partial charge on any atom is 0.243 e. The Balaban J connectivity index is 1.92. The van der Waals surface area contributed by atoms with Crippen LogP contribution in [-0.4, -0.2) is 50.2 Å². The van der Waals surface area contributed by atoms with Crippen LogP contribution >= 0.6 is 0 Å². The maximum absolute atomic E-state index is 13.0. The van der Waals surface area contributed by atoms with Crippen molar-refractivity contribution in [3.63, 3.8) is 0 Å². The summed E-state index contributed by atoms with van der Waals surface area (Å²) in [6.07, 6.45) is 1.32. The Morgan fingerprint density at radius 2 is 1.93 bits per heavy atom. The van der Waals surface area contributed by atoms with Gasteiger partial charge in [-0.05, 0) is 51.0 Å². The molecule has 2 amide bonds. The number of carbonyl (C=O) groups excluding carboxylic acids is 2. The second-order valence-corrected chi connectivity index (χ2v) is 8.86. The highest BCUT2D eigenvalue weighted by molar-refractivity contribution is 7.89. The molecule has 0 saturated carbocycles. The number of halogens is 1. The summed E-state index contributed by atoms with van der Waals surface area (Å²) >= 11 is 0. The molecule has 1 heterocycles. The molecule has 0 aliphatic carbocycles. The first kappa shape index (κ1) is 21.3. The minimum absolute atomic E-state index is 0.00955. The number of amides is 2. The molecule has 27 heavy (non-hydrogen) atoms. The fourth-order valence-electron chi connectivity index (χ4n) is 2.97. The van der Waals surface area contributed by atoms with Crippen molar-refractivity contribution in [2.24, 2.45) is 5.92 Å². The Kier molecular flexibility index (Phi) is 7.32. The van der Waals surface area contributed by atoms with Gasteiger partial charge in [-0.2, -0.15) is 4.31 Å². The summed E-state index contributed by atoms with van der Waals surface area (Å²) in [6.45, 7) is 4.31. The quantitative estimate of drug-likeness (QED) is 0.722. The monoisotopic (exact) mass is 399 g/mol. The Morgan fingerprint density at radius 1 is 1.26 bits per heavy atom. The second kappa shape index (κ2) is 9.27. The zero-order valence-corrected chi connectivity index (χ0v) is 16.4. The summed E-state index contributed by atoms with van der Waals surface area (Å²) < 4.78 is 39.7. The number of hydrogen-bond acceptors (Lipinski definition) is 4. The number of piperidine rings is 1. The van der Waals surface area contributed by atoms with Crippen molar-refractivity contribution in [2.75, 3.05) is 19.6 Å². The molecule has 1 fully saturated rings.